The SMILES string of the molecule is CCCCC(C)(C)C(C)(O)CSC1CCC(O)C1CCCCCCC(=O)O. The number of thioether (sulfide) groups is 1. The second kappa shape index (κ2) is 11.7. The van der Waals surface area contributed by atoms with Crippen LogP contribution in [-0.2, 0) is 4.79 Å². The molecule has 4 nitrogen and oxygen atoms in total. The topological polar surface area (TPSA) is 77.8 Å². The van der Waals surface area contributed by atoms with Crippen molar-refractivity contribution in [3.63, 3.8) is 0 Å². The summed E-state index contributed by atoms with van der Waals surface area (Å²) < 4.78 is 0. The fourth-order valence-electron chi connectivity index (χ4n) is 3.96. The van der Waals surface area contributed by atoms with E-state index < -0.39 is 11.6 Å². The lowest BCUT2D eigenvalue weighted by molar-refractivity contribution is -0.137. The average molecular weight is 403 g/mol. The molecule has 4 unspecified atom stereocenters. The Morgan fingerprint density at radius 2 is 1.74 bits per heavy atom. The van der Waals surface area contributed by atoms with Crippen LogP contribution in [0, 0.1) is 11.3 Å². The number of carboxylic acid groups (broad SMARTS) is 1. The highest BCUT2D eigenvalue weighted by atomic mass is 32.2. The molecule has 1 aliphatic carbocycles. The largest absolute Gasteiger partial charge is 0.481 e. The minimum atomic E-state index is -0.716. The van der Waals surface area contributed by atoms with E-state index in [0.29, 0.717) is 11.2 Å². The van der Waals surface area contributed by atoms with Gasteiger partial charge in [0.05, 0.1) is 11.7 Å². The summed E-state index contributed by atoms with van der Waals surface area (Å²) in [5.74, 6) is 0.312. The number of aliphatic hydroxyl groups is 2. The average Bonchev–Trinajstić information content (AvgIpc) is 2.94. The summed E-state index contributed by atoms with van der Waals surface area (Å²) in [6, 6.07) is 0. The molecule has 4 atom stereocenters. The molecule has 27 heavy (non-hydrogen) atoms. The van der Waals surface area contributed by atoms with Crippen LogP contribution < -0.4 is 0 Å². The van der Waals surface area contributed by atoms with E-state index in [1.54, 1.807) is 0 Å². The highest BCUT2D eigenvalue weighted by Gasteiger charge is 2.41. The molecular formula is C22H42O4S. The Hall–Kier alpha value is -0.260. The fraction of sp³-hybridized carbons (Fsp3) is 0.955. The van der Waals surface area contributed by atoms with Crippen LogP contribution in [0.3, 0.4) is 0 Å². The first-order valence-corrected chi connectivity index (χ1v) is 11.9. The molecule has 3 N–H and O–H groups in total. The Morgan fingerprint density at radius 1 is 1.07 bits per heavy atom. The van der Waals surface area contributed by atoms with Crippen LogP contribution in [0.2, 0.25) is 0 Å². The van der Waals surface area contributed by atoms with Crippen molar-refractivity contribution in [2.24, 2.45) is 11.3 Å². The van der Waals surface area contributed by atoms with Gasteiger partial charge in [0.15, 0.2) is 0 Å². The highest BCUT2D eigenvalue weighted by molar-refractivity contribution is 8.00. The van der Waals surface area contributed by atoms with Crippen molar-refractivity contribution in [1.29, 1.82) is 0 Å². The number of hydrogen-bond acceptors (Lipinski definition) is 4. The van der Waals surface area contributed by atoms with Crippen LogP contribution in [0.15, 0.2) is 0 Å². The van der Waals surface area contributed by atoms with Gasteiger partial charge in [0, 0.05) is 17.4 Å². The molecule has 160 valence electrons. The molecule has 0 aromatic heterocycles. The zero-order chi connectivity index (χ0) is 20.5. The number of hydrogen-bond donors (Lipinski definition) is 3. The van der Waals surface area contributed by atoms with Gasteiger partial charge in [0.1, 0.15) is 0 Å². The zero-order valence-corrected chi connectivity index (χ0v) is 18.7. The molecule has 1 saturated carbocycles. The lowest BCUT2D eigenvalue weighted by Crippen LogP contribution is -2.44. The third-order valence-electron chi connectivity index (χ3n) is 6.59. The zero-order valence-electron chi connectivity index (χ0n) is 17.9. The third-order valence-corrected chi connectivity index (χ3v) is 8.33. The molecule has 5 heteroatoms. The molecule has 0 amide bonds. The van der Waals surface area contributed by atoms with Crippen molar-refractivity contribution >= 4 is 17.7 Å². The molecule has 0 aromatic carbocycles. The second-order valence-electron chi connectivity index (χ2n) is 9.27. The molecule has 0 spiro atoms. The van der Waals surface area contributed by atoms with Gasteiger partial charge in [0.25, 0.3) is 0 Å². The predicted molar refractivity (Wildman–Crippen MR) is 114 cm³/mol. The van der Waals surface area contributed by atoms with Crippen LogP contribution >= 0.6 is 11.8 Å². The van der Waals surface area contributed by atoms with Gasteiger partial charge in [-0.05, 0) is 50.4 Å². The van der Waals surface area contributed by atoms with E-state index in [-0.39, 0.29) is 17.9 Å². The van der Waals surface area contributed by atoms with Crippen molar-refractivity contribution in [3.8, 4) is 0 Å². The Balaban J connectivity index is 2.42. The summed E-state index contributed by atoms with van der Waals surface area (Å²) >= 11 is 1.85. The molecule has 0 saturated heterocycles. The molecule has 0 bridgehead atoms. The molecule has 0 radical (unpaired) electrons. The second-order valence-corrected chi connectivity index (χ2v) is 10.5. The molecular weight excluding hydrogens is 360 g/mol. The van der Waals surface area contributed by atoms with Crippen LogP contribution in [-0.4, -0.2) is 44.0 Å². The Kier molecular flexibility index (Phi) is 10.7. The first-order valence-electron chi connectivity index (χ1n) is 10.8. The van der Waals surface area contributed by atoms with E-state index in [2.05, 4.69) is 20.8 Å². The van der Waals surface area contributed by atoms with Crippen molar-refractivity contribution in [1.82, 2.24) is 0 Å². The van der Waals surface area contributed by atoms with Crippen LogP contribution in [0.1, 0.15) is 98.3 Å². The number of carboxylic acids is 1. The quantitative estimate of drug-likeness (QED) is 0.346. The Morgan fingerprint density at radius 3 is 2.37 bits per heavy atom. The number of rotatable bonds is 14. The van der Waals surface area contributed by atoms with Gasteiger partial charge in [-0.25, -0.2) is 0 Å². The minimum Gasteiger partial charge on any atom is -0.481 e. The van der Waals surface area contributed by atoms with Gasteiger partial charge in [-0.3, -0.25) is 4.79 Å². The summed E-state index contributed by atoms with van der Waals surface area (Å²) in [6.45, 7) is 8.49. The predicted octanol–water partition coefficient (Wildman–Crippen LogP) is 5.25. The van der Waals surface area contributed by atoms with E-state index in [9.17, 15) is 15.0 Å². The lowest BCUT2D eigenvalue weighted by atomic mass is 9.73. The minimum absolute atomic E-state index is 0.104. The highest BCUT2D eigenvalue weighted by Crippen LogP contribution is 2.43. The number of unbranched alkanes of at least 4 members (excludes halogenated alkanes) is 4. The van der Waals surface area contributed by atoms with E-state index >= 15 is 0 Å². The van der Waals surface area contributed by atoms with E-state index in [1.165, 1.54) is 0 Å². The van der Waals surface area contributed by atoms with Crippen molar-refractivity contribution in [2.45, 2.75) is 115 Å². The Labute approximate surface area is 170 Å². The lowest BCUT2D eigenvalue weighted by Gasteiger charge is -2.41. The van der Waals surface area contributed by atoms with Crippen molar-refractivity contribution < 1.29 is 20.1 Å². The molecule has 0 aromatic rings. The van der Waals surface area contributed by atoms with E-state index in [0.717, 1.165) is 70.0 Å². The molecule has 1 aliphatic rings. The molecule has 0 heterocycles. The first-order chi connectivity index (χ1) is 12.6. The first kappa shape index (κ1) is 24.8. The molecule has 0 aliphatic heterocycles. The fourth-order valence-corrected chi connectivity index (χ4v) is 5.76. The normalized spacial score (nSPS) is 25.5. The van der Waals surface area contributed by atoms with Gasteiger partial charge >= 0.3 is 5.97 Å². The standard InChI is InChI=1S/C22H42O4S/c1-5-6-15-21(2,3)22(4,26)16-27-19-14-13-18(23)17(19)11-9-7-8-10-12-20(24)25/h17-19,23,26H,5-16H2,1-4H3,(H,24,25). The van der Waals surface area contributed by atoms with E-state index in [1.807, 2.05) is 18.7 Å². The molecule has 1 fully saturated rings. The summed E-state index contributed by atoms with van der Waals surface area (Å²) in [5.41, 5.74) is -0.811. The summed E-state index contributed by atoms with van der Waals surface area (Å²) in [5, 5.41) is 30.6. The van der Waals surface area contributed by atoms with E-state index in [4.69, 9.17) is 5.11 Å². The van der Waals surface area contributed by atoms with Gasteiger partial charge in [0.2, 0.25) is 0 Å². The summed E-state index contributed by atoms with van der Waals surface area (Å²) in [6.07, 6.45) is 10.0. The third kappa shape index (κ3) is 8.33. The van der Waals surface area contributed by atoms with Gasteiger partial charge in [-0.1, -0.05) is 52.9 Å². The van der Waals surface area contributed by atoms with Gasteiger partial charge in [-0.2, -0.15) is 11.8 Å². The summed E-state index contributed by atoms with van der Waals surface area (Å²) in [4.78, 5) is 10.6. The maximum Gasteiger partial charge on any atom is 0.303 e. The monoisotopic (exact) mass is 402 g/mol. The number of carbonyl (C=O) groups is 1. The van der Waals surface area contributed by atoms with Crippen molar-refractivity contribution in [2.75, 3.05) is 5.75 Å². The van der Waals surface area contributed by atoms with Crippen LogP contribution in [0.5, 0.6) is 0 Å². The smallest absolute Gasteiger partial charge is 0.303 e. The number of aliphatic hydroxyl groups excluding tert-OH is 1. The maximum atomic E-state index is 11.1. The maximum absolute atomic E-state index is 11.1. The van der Waals surface area contributed by atoms with Crippen LogP contribution in [0.25, 0.3) is 0 Å². The van der Waals surface area contributed by atoms with Gasteiger partial charge in [-0.15, -0.1) is 0 Å². The summed E-state index contributed by atoms with van der Waals surface area (Å²) in [7, 11) is 0. The Bertz CT molecular complexity index is 436. The number of aliphatic carboxylic acids is 1. The van der Waals surface area contributed by atoms with Crippen molar-refractivity contribution in [3.05, 3.63) is 0 Å². The van der Waals surface area contributed by atoms with Gasteiger partial charge < -0.3 is 15.3 Å². The van der Waals surface area contributed by atoms with Crippen LogP contribution in [0.4, 0.5) is 0 Å². The molecule has 1 rings (SSSR count).